The number of hydrogen-bond acceptors (Lipinski definition) is 3. The SMILES string of the molecule is CCCN1CCC(CNC(=NC)NCCc2cccc(C(=O)N(C)C)c2)CC1.I. The number of carbonyl (C=O) groups is 1. The lowest BCUT2D eigenvalue weighted by Crippen LogP contribution is -2.43. The summed E-state index contributed by atoms with van der Waals surface area (Å²) in [5.74, 6) is 1.62. The highest BCUT2D eigenvalue weighted by Gasteiger charge is 2.18. The molecular formula is C22H38IN5O. The maximum Gasteiger partial charge on any atom is 0.253 e. The maximum atomic E-state index is 12.1. The van der Waals surface area contributed by atoms with Crippen LogP contribution in [-0.2, 0) is 6.42 Å². The second-order valence-corrected chi connectivity index (χ2v) is 7.81. The van der Waals surface area contributed by atoms with Crippen molar-refractivity contribution in [1.82, 2.24) is 20.4 Å². The van der Waals surface area contributed by atoms with Crippen LogP contribution in [0.1, 0.15) is 42.1 Å². The van der Waals surface area contributed by atoms with Crippen molar-refractivity contribution in [2.45, 2.75) is 32.6 Å². The summed E-state index contributed by atoms with van der Waals surface area (Å²) in [4.78, 5) is 20.6. The number of halogens is 1. The molecule has 0 atom stereocenters. The zero-order chi connectivity index (χ0) is 20.4. The van der Waals surface area contributed by atoms with E-state index in [1.807, 2.05) is 25.2 Å². The molecule has 2 rings (SSSR count). The molecule has 1 aromatic carbocycles. The second kappa shape index (κ2) is 13.8. The van der Waals surface area contributed by atoms with E-state index in [0.29, 0.717) is 0 Å². The normalized spacial score (nSPS) is 15.5. The number of hydrogen-bond donors (Lipinski definition) is 2. The largest absolute Gasteiger partial charge is 0.356 e. The van der Waals surface area contributed by atoms with E-state index in [-0.39, 0.29) is 29.9 Å². The lowest BCUT2D eigenvalue weighted by Gasteiger charge is -2.32. The highest BCUT2D eigenvalue weighted by molar-refractivity contribution is 14.0. The first-order valence-corrected chi connectivity index (χ1v) is 10.5. The van der Waals surface area contributed by atoms with Gasteiger partial charge in [0.2, 0.25) is 0 Å². The van der Waals surface area contributed by atoms with Gasteiger partial charge in [-0.05, 0) is 68.9 Å². The summed E-state index contributed by atoms with van der Waals surface area (Å²) in [6.45, 7) is 7.67. The number of benzene rings is 1. The van der Waals surface area contributed by atoms with Crippen molar-refractivity contribution in [3.63, 3.8) is 0 Å². The lowest BCUT2D eigenvalue weighted by molar-refractivity contribution is 0.0827. The van der Waals surface area contributed by atoms with Crippen molar-refractivity contribution in [2.75, 3.05) is 53.9 Å². The number of piperidine rings is 1. The third kappa shape index (κ3) is 8.90. The van der Waals surface area contributed by atoms with Gasteiger partial charge >= 0.3 is 0 Å². The average Bonchev–Trinajstić information content (AvgIpc) is 2.71. The molecule has 0 aromatic heterocycles. The Bertz CT molecular complexity index is 642. The number of aliphatic imine (C=N–C) groups is 1. The molecule has 1 aliphatic heterocycles. The van der Waals surface area contributed by atoms with Gasteiger partial charge in [-0.15, -0.1) is 24.0 Å². The highest BCUT2D eigenvalue weighted by atomic mass is 127. The smallest absolute Gasteiger partial charge is 0.253 e. The van der Waals surface area contributed by atoms with Gasteiger partial charge in [-0.1, -0.05) is 19.1 Å². The van der Waals surface area contributed by atoms with Gasteiger partial charge in [-0.25, -0.2) is 0 Å². The van der Waals surface area contributed by atoms with E-state index in [1.165, 1.54) is 38.9 Å². The van der Waals surface area contributed by atoms with Gasteiger partial charge in [0, 0.05) is 39.8 Å². The van der Waals surface area contributed by atoms with E-state index in [9.17, 15) is 4.79 Å². The minimum atomic E-state index is 0. The highest BCUT2D eigenvalue weighted by Crippen LogP contribution is 2.16. The molecule has 1 aliphatic rings. The predicted molar refractivity (Wildman–Crippen MR) is 132 cm³/mol. The van der Waals surface area contributed by atoms with Crippen LogP contribution in [0.5, 0.6) is 0 Å². The van der Waals surface area contributed by atoms with Crippen molar-refractivity contribution in [3.8, 4) is 0 Å². The first-order chi connectivity index (χ1) is 13.5. The molecule has 0 unspecified atom stereocenters. The standard InChI is InChI=1S/C22H37N5O.HI/c1-5-13-27-14-10-19(11-15-27)17-25-22(23-2)24-12-9-18-7-6-8-20(16-18)21(28)26(3)4;/h6-8,16,19H,5,9-15,17H2,1-4H3,(H2,23,24,25);1H. The van der Waals surface area contributed by atoms with E-state index < -0.39 is 0 Å². The fourth-order valence-electron chi connectivity index (χ4n) is 3.64. The fraction of sp³-hybridized carbons (Fsp3) is 0.636. The minimum Gasteiger partial charge on any atom is -0.356 e. The summed E-state index contributed by atoms with van der Waals surface area (Å²) >= 11 is 0. The van der Waals surface area contributed by atoms with Gasteiger partial charge in [-0.3, -0.25) is 9.79 Å². The van der Waals surface area contributed by atoms with Gasteiger partial charge in [0.1, 0.15) is 0 Å². The summed E-state index contributed by atoms with van der Waals surface area (Å²) in [7, 11) is 5.37. The predicted octanol–water partition coefficient (Wildman–Crippen LogP) is 2.84. The maximum absolute atomic E-state index is 12.1. The second-order valence-electron chi connectivity index (χ2n) is 7.81. The molecule has 1 aromatic rings. The molecule has 1 fully saturated rings. The summed E-state index contributed by atoms with van der Waals surface area (Å²) in [6.07, 6.45) is 4.61. The Kier molecular flexibility index (Phi) is 12.2. The molecule has 0 bridgehead atoms. The number of rotatable bonds is 8. The van der Waals surface area contributed by atoms with Crippen LogP contribution in [0.3, 0.4) is 0 Å². The van der Waals surface area contributed by atoms with Crippen LogP contribution >= 0.6 is 24.0 Å². The molecule has 0 saturated carbocycles. The van der Waals surface area contributed by atoms with Crippen LogP contribution < -0.4 is 10.6 Å². The molecule has 1 saturated heterocycles. The molecular weight excluding hydrogens is 477 g/mol. The number of nitrogens with zero attached hydrogens (tertiary/aromatic N) is 3. The van der Waals surface area contributed by atoms with Gasteiger partial charge < -0.3 is 20.4 Å². The van der Waals surface area contributed by atoms with Crippen LogP contribution in [0.4, 0.5) is 0 Å². The van der Waals surface area contributed by atoms with Gasteiger partial charge in [0.05, 0.1) is 0 Å². The lowest BCUT2D eigenvalue weighted by atomic mass is 9.97. The molecule has 0 spiro atoms. The number of carbonyl (C=O) groups excluding carboxylic acids is 1. The van der Waals surface area contributed by atoms with E-state index in [1.54, 1.807) is 19.0 Å². The molecule has 0 aliphatic carbocycles. The Labute approximate surface area is 193 Å². The van der Waals surface area contributed by atoms with Crippen molar-refractivity contribution in [1.29, 1.82) is 0 Å². The Hall–Kier alpha value is -1.35. The summed E-state index contributed by atoms with van der Waals surface area (Å²) in [5.41, 5.74) is 1.89. The molecule has 1 heterocycles. The number of amides is 1. The van der Waals surface area contributed by atoms with Crippen LogP contribution in [0.25, 0.3) is 0 Å². The Morgan fingerprint density at radius 2 is 1.97 bits per heavy atom. The first-order valence-electron chi connectivity index (χ1n) is 10.5. The number of guanidine groups is 1. The van der Waals surface area contributed by atoms with E-state index >= 15 is 0 Å². The topological polar surface area (TPSA) is 60.0 Å². The Morgan fingerprint density at radius 1 is 1.24 bits per heavy atom. The number of nitrogens with one attached hydrogen (secondary N) is 2. The van der Waals surface area contributed by atoms with Crippen LogP contribution in [-0.4, -0.2) is 75.5 Å². The number of likely N-dealkylation sites (tertiary alicyclic amines) is 1. The van der Waals surface area contributed by atoms with Gasteiger partial charge in [0.25, 0.3) is 5.91 Å². The van der Waals surface area contributed by atoms with Crippen molar-refractivity contribution in [2.24, 2.45) is 10.9 Å². The monoisotopic (exact) mass is 515 g/mol. The minimum absolute atomic E-state index is 0. The quantitative estimate of drug-likeness (QED) is 0.318. The Morgan fingerprint density at radius 3 is 2.59 bits per heavy atom. The van der Waals surface area contributed by atoms with Crippen molar-refractivity contribution >= 4 is 35.8 Å². The average molecular weight is 515 g/mol. The van der Waals surface area contributed by atoms with Crippen LogP contribution in [0.15, 0.2) is 29.3 Å². The van der Waals surface area contributed by atoms with E-state index in [0.717, 1.165) is 42.5 Å². The molecule has 0 radical (unpaired) electrons. The molecule has 2 N–H and O–H groups in total. The molecule has 164 valence electrons. The molecule has 1 amide bonds. The van der Waals surface area contributed by atoms with E-state index in [4.69, 9.17) is 0 Å². The Balaban J connectivity index is 0.00000420. The van der Waals surface area contributed by atoms with E-state index in [2.05, 4.69) is 33.5 Å². The molecule has 6 nitrogen and oxygen atoms in total. The van der Waals surface area contributed by atoms with Crippen molar-refractivity contribution in [3.05, 3.63) is 35.4 Å². The summed E-state index contributed by atoms with van der Waals surface area (Å²) in [6, 6.07) is 7.86. The van der Waals surface area contributed by atoms with Crippen LogP contribution in [0, 0.1) is 5.92 Å². The van der Waals surface area contributed by atoms with Gasteiger partial charge in [-0.2, -0.15) is 0 Å². The summed E-state index contributed by atoms with van der Waals surface area (Å²) in [5, 5.41) is 6.87. The van der Waals surface area contributed by atoms with Crippen molar-refractivity contribution < 1.29 is 4.79 Å². The third-order valence-corrected chi connectivity index (χ3v) is 5.32. The first kappa shape index (κ1) is 25.7. The van der Waals surface area contributed by atoms with Crippen LogP contribution in [0.2, 0.25) is 0 Å². The molecule has 7 heteroatoms. The third-order valence-electron chi connectivity index (χ3n) is 5.32. The fourth-order valence-corrected chi connectivity index (χ4v) is 3.64. The summed E-state index contributed by atoms with van der Waals surface area (Å²) < 4.78 is 0. The zero-order valence-corrected chi connectivity index (χ0v) is 20.7. The zero-order valence-electron chi connectivity index (χ0n) is 18.4. The van der Waals surface area contributed by atoms with Gasteiger partial charge in [0.15, 0.2) is 5.96 Å². The molecule has 29 heavy (non-hydrogen) atoms.